The number of aromatic nitrogens is 4. The summed E-state index contributed by atoms with van der Waals surface area (Å²) in [6, 6.07) is 1.43. The number of carbonyl (C=O) groups is 1. The molecule has 0 aromatic carbocycles. The molecule has 1 aliphatic rings. The van der Waals surface area contributed by atoms with E-state index in [0.29, 0.717) is 24.7 Å². The first-order valence-electron chi connectivity index (χ1n) is 8.38. The Morgan fingerprint density at radius 2 is 2.27 bits per heavy atom. The number of hydrogen-bond acceptors (Lipinski definition) is 6. The second-order valence-corrected chi connectivity index (χ2v) is 6.31. The molecule has 2 heterocycles. The second kappa shape index (κ2) is 7.22. The van der Waals surface area contributed by atoms with Crippen LogP contribution in [0.25, 0.3) is 0 Å². The van der Waals surface area contributed by atoms with Crippen LogP contribution in [-0.2, 0) is 11.8 Å². The topological polar surface area (TPSA) is 96.8 Å². The molecular formula is C16H21F2N7O. The van der Waals surface area contributed by atoms with Gasteiger partial charge in [0.05, 0.1) is 11.9 Å². The zero-order chi connectivity index (χ0) is 18.7. The van der Waals surface area contributed by atoms with Crippen molar-refractivity contribution in [2.45, 2.75) is 31.7 Å². The van der Waals surface area contributed by atoms with Crippen molar-refractivity contribution in [3.05, 3.63) is 24.7 Å². The van der Waals surface area contributed by atoms with Crippen LogP contribution in [0.15, 0.2) is 24.7 Å². The number of nitrogens with one attached hydrogen (secondary N) is 3. The Morgan fingerprint density at radius 3 is 2.88 bits per heavy atom. The number of alkyl halides is 2. The fourth-order valence-corrected chi connectivity index (χ4v) is 2.46. The maximum absolute atomic E-state index is 13.0. The predicted molar refractivity (Wildman–Crippen MR) is 92.3 cm³/mol. The molecule has 1 saturated carbocycles. The summed E-state index contributed by atoms with van der Waals surface area (Å²) >= 11 is 0. The minimum absolute atomic E-state index is 0.261. The van der Waals surface area contributed by atoms with E-state index in [9.17, 15) is 13.6 Å². The fourth-order valence-electron chi connectivity index (χ4n) is 2.46. The van der Waals surface area contributed by atoms with Crippen LogP contribution >= 0.6 is 0 Å². The van der Waals surface area contributed by atoms with E-state index in [-0.39, 0.29) is 12.5 Å². The number of anilines is 3. The van der Waals surface area contributed by atoms with Crippen LogP contribution in [0, 0.1) is 5.92 Å². The van der Waals surface area contributed by atoms with Crippen LogP contribution in [0.5, 0.6) is 0 Å². The van der Waals surface area contributed by atoms with Crippen molar-refractivity contribution in [1.82, 2.24) is 25.1 Å². The van der Waals surface area contributed by atoms with E-state index in [1.807, 2.05) is 6.92 Å². The number of aryl methyl sites for hydroxylation is 1. The smallest absolute Gasteiger partial charge is 0.260 e. The van der Waals surface area contributed by atoms with Gasteiger partial charge in [0.25, 0.3) is 5.92 Å². The van der Waals surface area contributed by atoms with E-state index in [2.05, 4.69) is 31.0 Å². The summed E-state index contributed by atoms with van der Waals surface area (Å²) < 4.78 is 27.6. The van der Waals surface area contributed by atoms with Gasteiger partial charge in [0.2, 0.25) is 11.9 Å². The summed E-state index contributed by atoms with van der Waals surface area (Å²) in [7, 11) is 1.81. The van der Waals surface area contributed by atoms with E-state index in [1.165, 1.54) is 0 Å². The average molecular weight is 365 g/mol. The minimum Gasteiger partial charge on any atom is -0.368 e. The van der Waals surface area contributed by atoms with Crippen molar-refractivity contribution in [3.8, 4) is 0 Å². The Morgan fingerprint density at radius 1 is 1.50 bits per heavy atom. The summed E-state index contributed by atoms with van der Waals surface area (Å²) in [6.45, 7) is 2.26. The monoisotopic (exact) mass is 365 g/mol. The summed E-state index contributed by atoms with van der Waals surface area (Å²) in [5.74, 6) is -3.67. The second-order valence-electron chi connectivity index (χ2n) is 6.31. The molecule has 2 aromatic heterocycles. The molecule has 3 rings (SSSR count). The lowest BCUT2D eigenvalue weighted by atomic mass is 10.2. The Balaban J connectivity index is 1.53. The van der Waals surface area contributed by atoms with Crippen molar-refractivity contribution in [2.75, 3.05) is 17.2 Å². The lowest BCUT2D eigenvalue weighted by Gasteiger charge is -2.18. The van der Waals surface area contributed by atoms with Crippen LogP contribution in [0.4, 0.5) is 26.2 Å². The van der Waals surface area contributed by atoms with Crippen molar-refractivity contribution < 1.29 is 13.6 Å². The van der Waals surface area contributed by atoms with Crippen LogP contribution in [-0.4, -0.2) is 44.2 Å². The molecular weight excluding hydrogens is 344 g/mol. The number of nitrogens with zero attached hydrogens (tertiary/aromatic N) is 4. The largest absolute Gasteiger partial charge is 0.368 e. The van der Waals surface area contributed by atoms with E-state index < -0.39 is 17.7 Å². The molecule has 10 heteroatoms. The Bertz CT molecular complexity index is 779. The van der Waals surface area contributed by atoms with Crippen molar-refractivity contribution in [1.29, 1.82) is 0 Å². The van der Waals surface area contributed by atoms with Gasteiger partial charge in [-0.15, -0.1) is 0 Å². The first-order valence-corrected chi connectivity index (χ1v) is 8.38. The van der Waals surface area contributed by atoms with Crippen LogP contribution < -0.4 is 16.0 Å². The van der Waals surface area contributed by atoms with Crippen molar-refractivity contribution in [3.63, 3.8) is 0 Å². The highest BCUT2D eigenvalue weighted by atomic mass is 19.3. The van der Waals surface area contributed by atoms with E-state index in [4.69, 9.17) is 0 Å². The average Bonchev–Trinajstić information content (AvgIpc) is 3.05. The third-order valence-electron chi connectivity index (χ3n) is 4.13. The van der Waals surface area contributed by atoms with Gasteiger partial charge in [0, 0.05) is 38.4 Å². The number of hydrogen-bond donors (Lipinski definition) is 3. The SMILES string of the molecule is CC[C@@H](CNc1ccnc(Nc2cnn(C)c2)n1)NC(=O)C1CC1(F)F. The highest BCUT2D eigenvalue weighted by Gasteiger charge is 2.61. The molecule has 0 spiro atoms. The van der Waals surface area contributed by atoms with Gasteiger partial charge in [-0.3, -0.25) is 9.48 Å². The maximum atomic E-state index is 13.0. The van der Waals surface area contributed by atoms with Gasteiger partial charge >= 0.3 is 0 Å². The quantitative estimate of drug-likeness (QED) is 0.661. The number of amides is 1. The standard InChI is InChI=1S/C16H21F2N7O/c1-3-10(22-14(26)12-6-16(12,17)18)7-20-13-4-5-19-15(24-13)23-11-8-21-25(2)9-11/h4-5,8-10,12H,3,6-7H2,1-2H3,(H,22,26)(H2,19,20,23,24)/t10-,12?/m0/s1. The molecule has 0 bridgehead atoms. The lowest BCUT2D eigenvalue weighted by Crippen LogP contribution is -2.40. The highest BCUT2D eigenvalue weighted by Crippen LogP contribution is 2.48. The zero-order valence-electron chi connectivity index (χ0n) is 14.5. The van der Waals surface area contributed by atoms with E-state index in [1.54, 1.807) is 36.4 Å². The Kier molecular flexibility index (Phi) is 5.01. The molecule has 0 aliphatic heterocycles. The first-order chi connectivity index (χ1) is 12.4. The molecule has 2 atom stereocenters. The Labute approximate surface area is 149 Å². The summed E-state index contributed by atoms with van der Waals surface area (Å²) in [5.41, 5.74) is 0.758. The summed E-state index contributed by atoms with van der Waals surface area (Å²) in [5, 5.41) is 12.8. The number of carbonyl (C=O) groups excluding carboxylic acids is 1. The van der Waals surface area contributed by atoms with Gasteiger partial charge in [-0.2, -0.15) is 10.1 Å². The van der Waals surface area contributed by atoms with Crippen LogP contribution in [0.1, 0.15) is 19.8 Å². The summed E-state index contributed by atoms with van der Waals surface area (Å²) in [6.07, 6.45) is 5.29. The lowest BCUT2D eigenvalue weighted by molar-refractivity contribution is -0.125. The van der Waals surface area contributed by atoms with Gasteiger partial charge in [0.1, 0.15) is 11.7 Å². The molecule has 1 aliphatic carbocycles. The van der Waals surface area contributed by atoms with Gasteiger partial charge in [-0.1, -0.05) is 6.92 Å². The predicted octanol–water partition coefficient (Wildman–Crippen LogP) is 1.92. The molecule has 0 saturated heterocycles. The van der Waals surface area contributed by atoms with Crippen molar-refractivity contribution >= 4 is 23.4 Å². The minimum atomic E-state index is -2.85. The van der Waals surface area contributed by atoms with Crippen molar-refractivity contribution in [2.24, 2.45) is 13.0 Å². The third kappa shape index (κ3) is 4.44. The first kappa shape index (κ1) is 18.0. The summed E-state index contributed by atoms with van der Waals surface area (Å²) in [4.78, 5) is 20.3. The van der Waals surface area contributed by atoms with E-state index >= 15 is 0 Å². The van der Waals surface area contributed by atoms with Gasteiger partial charge in [0.15, 0.2) is 0 Å². The van der Waals surface area contributed by atoms with Gasteiger partial charge < -0.3 is 16.0 Å². The molecule has 8 nitrogen and oxygen atoms in total. The molecule has 1 unspecified atom stereocenters. The van der Waals surface area contributed by atoms with Crippen LogP contribution in [0.3, 0.4) is 0 Å². The number of rotatable bonds is 8. The zero-order valence-corrected chi connectivity index (χ0v) is 14.5. The fraction of sp³-hybridized carbons (Fsp3) is 0.500. The molecule has 3 N–H and O–H groups in total. The van der Waals surface area contributed by atoms with Crippen LogP contribution in [0.2, 0.25) is 0 Å². The molecule has 140 valence electrons. The highest BCUT2D eigenvalue weighted by molar-refractivity contribution is 5.83. The molecule has 1 fully saturated rings. The van der Waals surface area contributed by atoms with Gasteiger partial charge in [-0.25, -0.2) is 13.8 Å². The number of halogens is 2. The normalized spacial score (nSPS) is 18.8. The Hall–Kier alpha value is -2.78. The molecule has 1 amide bonds. The van der Waals surface area contributed by atoms with E-state index in [0.717, 1.165) is 5.69 Å². The molecule has 26 heavy (non-hydrogen) atoms. The molecule has 2 aromatic rings. The maximum Gasteiger partial charge on any atom is 0.260 e. The third-order valence-corrected chi connectivity index (χ3v) is 4.13. The van der Waals surface area contributed by atoms with Gasteiger partial charge in [-0.05, 0) is 12.5 Å². The molecule has 0 radical (unpaired) electrons.